The summed E-state index contributed by atoms with van der Waals surface area (Å²) in [6.07, 6.45) is 2.54. The summed E-state index contributed by atoms with van der Waals surface area (Å²) in [5.41, 5.74) is 0. The largest absolute Gasteiger partial charge is 0.481 e. The molecular formula is C13H21N3O3. The molecular weight excluding hydrogens is 246 g/mol. The lowest BCUT2D eigenvalue weighted by molar-refractivity contribution is -0.142. The van der Waals surface area contributed by atoms with E-state index >= 15 is 0 Å². The average Bonchev–Trinajstić information content (AvgIpc) is 2.93. The van der Waals surface area contributed by atoms with Gasteiger partial charge in [0.25, 0.3) is 0 Å². The minimum atomic E-state index is -0.756. The van der Waals surface area contributed by atoms with Crippen LogP contribution in [-0.2, 0) is 11.3 Å². The Morgan fingerprint density at radius 3 is 2.79 bits per heavy atom. The van der Waals surface area contributed by atoms with E-state index in [1.54, 1.807) is 0 Å². The number of carboxylic acids is 1. The third-order valence-electron chi connectivity index (χ3n) is 3.81. The molecule has 0 radical (unpaired) electrons. The van der Waals surface area contributed by atoms with Crippen LogP contribution in [0.5, 0.6) is 0 Å². The molecule has 19 heavy (non-hydrogen) atoms. The van der Waals surface area contributed by atoms with Crippen molar-refractivity contribution in [2.45, 2.75) is 38.6 Å². The van der Waals surface area contributed by atoms with Gasteiger partial charge in [0.1, 0.15) is 0 Å². The quantitative estimate of drug-likeness (QED) is 0.875. The van der Waals surface area contributed by atoms with Crippen LogP contribution in [0.25, 0.3) is 0 Å². The summed E-state index contributed by atoms with van der Waals surface area (Å²) in [6, 6.07) is 0. The van der Waals surface area contributed by atoms with Crippen molar-refractivity contribution in [2.75, 3.05) is 14.1 Å². The van der Waals surface area contributed by atoms with E-state index in [9.17, 15) is 9.90 Å². The molecule has 106 valence electrons. The first-order valence-electron chi connectivity index (χ1n) is 6.71. The maximum atomic E-state index is 11.3. The van der Waals surface area contributed by atoms with Crippen LogP contribution in [0, 0.1) is 11.8 Å². The highest BCUT2D eigenvalue weighted by Gasteiger charge is 2.41. The molecule has 1 heterocycles. The first-order valence-corrected chi connectivity index (χ1v) is 6.71. The van der Waals surface area contributed by atoms with E-state index in [0.717, 1.165) is 12.8 Å². The molecule has 1 aliphatic carbocycles. The number of carboxylic acid groups (broad SMARTS) is 1. The van der Waals surface area contributed by atoms with Crippen molar-refractivity contribution in [3.63, 3.8) is 0 Å². The number of hydrogen-bond acceptors (Lipinski definition) is 5. The molecule has 6 heteroatoms. The minimum absolute atomic E-state index is 0.133. The standard InChI is InChI=1S/C13H21N3O3/c1-4-8-5-9(10(6-8)13(17)18)12-14-11(15-19-12)7-16(2)3/h8-10H,4-7H2,1-3H3,(H,17,18). The van der Waals surface area contributed by atoms with Gasteiger partial charge in [-0.2, -0.15) is 4.98 Å². The summed E-state index contributed by atoms with van der Waals surface area (Å²) in [5, 5.41) is 13.2. The second-order valence-corrected chi connectivity index (χ2v) is 5.58. The van der Waals surface area contributed by atoms with Gasteiger partial charge in [-0.05, 0) is 32.9 Å². The lowest BCUT2D eigenvalue weighted by atomic mass is 9.96. The summed E-state index contributed by atoms with van der Waals surface area (Å²) >= 11 is 0. The molecule has 1 aliphatic rings. The molecule has 1 aromatic heterocycles. The lowest BCUT2D eigenvalue weighted by Gasteiger charge is -2.10. The molecule has 1 saturated carbocycles. The van der Waals surface area contributed by atoms with Crippen LogP contribution < -0.4 is 0 Å². The Morgan fingerprint density at radius 1 is 1.47 bits per heavy atom. The number of hydrogen-bond donors (Lipinski definition) is 1. The Labute approximate surface area is 112 Å². The van der Waals surface area contributed by atoms with E-state index < -0.39 is 11.9 Å². The molecule has 0 spiro atoms. The molecule has 0 bridgehead atoms. The Morgan fingerprint density at radius 2 is 2.21 bits per heavy atom. The molecule has 2 rings (SSSR count). The van der Waals surface area contributed by atoms with Crippen LogP contribution in [0.3, 0.4) is 0 Å². The summed E-state index contributed by atoms with van der Waals surface area (Å²) in [5.74, 6) is 0.261. The van der Waals surface area contributed by atoms with Gasteiger partial charge in [0, 0.05) is 0 Å². The second-order valence-electron chi connectivity index (χ2n) is 5.58. The van der Waals surface area contributed by atoms with Crippen LogP contribution in [0.2, 0.25) is 0 Å². The SMILES string of the molecule is CCC1CC(C(=O)O)C(c2nc(CN(C)C)no2)C1. The van der Waals surface area contributed by atoms with E-state index in [0.29, 0.717) is 30.6 Å². The van der Waals surface area contributed by atoms with Gasteiger partial charge in [0.05, 0.1) is 18.4 Å². The lowest BCUT2D eigenvalue weighted by Crippen LogP contribution is -2.17. The van der Waals surface area contributed by atoms with Crippen LogP contribution in [0.15, 0.2) is 4.52 Å². The zero-order chi connectivity index (χ0) is 14.0. The third kappa shape index (κ3) is 3.12. The van der Waals surface area contributed by atoms with Gasteiger partial charge in [0.15, 0.2) is 5.82 Å². The summed E-state index contributed by atoms with van der Waals surface area (Å²) in [7, 11) is 3.86. The first-order chi connectivity index (χ1) is 9.01. The third-order valence-corrected chi connectivity index (χ3v) is 3.81. The molecule has 0 saturated heterocycles. The van der Waals surface area contributed by atoms with Crippen molar-refractivity contribution in [1.29, 1.82) is 0 Å². The minimum Gasteiger partial charge on any atom is -0.481 e. The topological polar surface area (TPSA) is 79.5 Å². The highest BCUT2D eigenvalue weighted by molar-refractivity contribution is 5.71. The van der Waals surface area contributed by atoms with Crippen LogP contribution in [-0.4, -0.2) is 40.2 Å². The van der Waals surface area contributed by atoms with Gasteiger partial charge in [-0.15, -0.1) is 0 Å². The number of aromatic nitrogens is 2. The summed E-state index contributed by atoms with van der Waals surface area (Å²) in [4.78, 5) is 17.6. The Bertz CT molecular complexity index is 444. The second kappa shape index (κ2) is 5.69. The predicted molar refractivity (Wildman–Crippen MR) is 68.6 cm³/mol. The maximum Gasteiger partial charge on any atom is 0.307 e. The first kappa shape index (κ1) is 14.0. The van der Waals surface area contributed by atoms with Crippen LogP contribution in [0.4, 0.5) is 0 Å². The van der Waals surface area contributed by atoms with E-state index in [1.807, 2.05) is 19.0 Å². The Balaban J connectivity index is 2.14. The van der Waals surface area contributed by atoms with Gasteiger partial charge < -0.3 is 14.5 Å². The van der Waals surface area contributed by atoms with E-state index in [2.05, 4.69) is 17.1 Å². The number of carbonyl (C=O) groups is 1. The van der Waals surface area contributed by atoms with Gasteiger partial charge >= 0.3 is 5.97 Å². The Kier molecular flexibility index (Phi) is 4.19. The molecule has 6 nitrogen and oxygen atoms in total. The van der Waals surface area contributed by atoms with Crippen molar-refractivity contribution < 1.29 is 14.4 Å². The average molecular weight is 267 g/mol. The van der Waals surface area contributed by atoms with Gasteiger partial charge in [-0.25, -0.2) is 0 Å². The summed E-state index contributed by atoms with van der Waals surface area (Å²) < 4.78 is 5.27. The highest BCUT2D eigenvalue weighted by atomic mass is 16.5. The number of rotatable bonds is 5. The van der Waals surface area contributed by atoms with Crippen molar-refractivity contribution >= 4 is 5.97 Å². The highest BCUT2D eigenvalue weighted by Crippen LogP contribution is 2.43. The molecule has 0 amide bonds. The summed E-state index contributed by atoms with van der Waals surface area (Å²) in [6.45, 7) is 2.70. The molecule has 0 aliphatic heterocycles. The van der Waals surface area contributed by atoms with Crippen LogP contribution in [0.1, 0.15) is 43.8 Å². The fraction of sp³-hybridized carbons (Fsp3) is 0.769. The van der Waals surface area contributed by atoms with Crippen LogP contribution >= 0.6 is 0 Å². The van der Waals surface area contributed by atoms with Gasteiger partial charge in [-0.1, -0.05) is 18.5 Å². The smallest absolute Gasteiger partial charge is 0.307 e. The Hall–Kier alpha value is -1.43. The van der Waals surface area contributed by atoms with E-state index in [-0.39, 0.29) is 5.92 Å². The van der Waals surface area contributed by atoms with E-state index in [1.165, 1.54) is 0 Å². The van der Waals surface area contributed by atoms with Crippen molar-refractivity contribution in [2.24, 2.45) is 11.8 Å². The van der Waals surface area contributed by atoms with Crippen molar-refractivity contribution in [3.8, 4) is 0 Å². The van der Waals surface area contributed by atoms with Gasteiger partial charge in [0.2, 0.25) is 5.89 Å². The fourth-order valence-corrected chi connectivity index (χ4v) is 2.79. The number of aliphatic carboxylic acids is 1. The van der Waals surface area contributed by atoms with Crippen molar-refractivity contribution in [1.82, 2.24) is 15.0 Å². The predicted octanol–water partition coefficient (Wildman–Crippen LogP) is 1.74. The maximum absolute atomic E-state index is 11.3. The molecule has 1 aromatic rings. The molecule has 3 atom stereocenters. The zero-order valence-corrected chi connectivity index (χ0v) is 11.7. The van der Waals surface area contributed by atoms with E-state index in [4.69, 9.17) is 4.52 Å². The zero-order valence-electron chi connectivity index (χ0n) is 11.7. The molecule has 1 fully saturated rings. The normalized spacial score (nSPS) is 27.1. The monoisotopic (exact) mass is 267 g/mol. The molecule has 3 unspecified atom stereocenters. The number of nitrogens with zero attached hydrogens (tertiary/aromatic N) is 3. The van der Waals surface area contributed by atoms with Crippen molar-refractivity contribution in [3.05, 3.63) is 11.7 Å². The molecule has 0 aromatic carbocycles. The molecule has 1 N–H and O–H groups in total. The van der Waals surface area contributed by atoms with Gasteiger partial charge in [-0.3, -0.25) is 4.79 Å². The fourth-order valence-electron chi connectivity index (χ4n) is 2.79.